The zero-order chi connectivity index (χ0) is 21.5. The van der Waals surface area contributed by atoms with Gasteiger partial charge in [0.05, 0.1) is 20.3 Å². The Morgan fingerprint density at radius 1 is 1.10 bits per heavy atom. The quantitative estimate of drug-likeness (QED) is 0.563. The van der Waals surface area contributed by atoms with Crippen molar-refractivity contribution in [2.24, 2.45) is 5.92 Å². The number of aromatic nitrogens is 3. The highest BCUT2D eigenvalue weighted by Gasteiger charge is 2.21. The number of nitrogens with zero attached hydrogens (tertiary/aromatic N) is 3. The average molecular weight is 412 g/mol. The fourth-order valence-corrected chi connectivity index (χ4v) is 3.36. The molecule has 2 heterocycles. The second-order valence-electron chi connectivity index (χ2n) is 7.51. The maximum absolute atomic E-state index is 12.6. The van der Waals surface area contributed by atoms with Gasteiger partial charge < -0.3 is 20.1 Å². The minimum Gasteiger partial charge on any atom is -0.493 e. The minimum atomic E-state index is -0.233. The Hall–Kier alpha value is -3.29. The highest BCUT2D eigenvalue weighted by atomic mass is 16.5. The molecule has 3 aromatic rings. The van der Waals surface area contributed by atoms with Crippen molar-refractivity contribution in [1.82, 2.24) is 25.2 Å². The lowest BCUT2D eigenvalue weighted by molar-refractivity contribution is 0.234. The molecule has 0 saturated carbocycles. The van der Waals surface area contributed by atoms with E-state index >= 15 is 0 Å². The van der Waals surface area contributed by atoms with Gasteiger partial charge in [-0.1, -0.05) is 26.0 Å². The molecule has 2 aromatic heterocycles. The Morgan fingerprint density at radius 3 is 2.63 bits per heavy atom. The van der Waals surface area contributed by atoms with Crippen molar-refractivity contribution in [3.05, 3.63) is 54.0 Å². The molecular weight excluding hydrogens is 382 g/mol. The van der Waals surface area contributed by atoms with E-state index < -0.39 is 0 Å². The van der Waals surface area contributed by atoms with Crippen molar-refractivity contribution in [2.45, 2.75) is 32.7 Å². The summed E-state index contributed by atoms with van der Waals surface area (Å²) in [7, 11) is 3.21. The summed E-state index contributed by atoms with van der Waals surface area (Å²) in [5, 5.41) is 14.5. The molecule has 0 unspecified atom stereocenters. The zero-order valence-electron chi connectivity index (χ0n) is 17.9. The standard InChI is InChI=1S/C22H29N5O3/c1-15(2)13-17(21-26-25-20-7-5-6-12-27(20)21)24-22(28)23-11-10-16-8-9-18(29-3)19(14-16)30-4/h5-9,12,14-15,17H,10-11,13H2,1-4H3,(H2,23,24,28)/t17-/m1/s1. The van der Waals surface area contributed by atoms with Crippen LogP contribution in [0.15, 0.2) is 42.6 Å². The van der Waals surface area contributed by atoms with Crippen molar-refractivity contribution in [2.75, 3.05) is 20.8 Å². The minimum absolute atomic E-state index is 0.228. The van der Waals surface area contributed by atoms with Crippen LogP contribution in [0.2, 0.25) is 0 Å². The lowest BCUT2D eigenvalue weighted by atomic mass is 10.0. The molecule has 3 rings (SSSR count). The number of rotatable bonds is 9. The van der Waals surface area contributed by atoms with E-state index in [9.17, 15) is 4.79 Å². The van der Waals surface area contributed by atoms with Crippen LogP contribution >= 0.6 is 0 Å². The van der Waals surface area contributed by atoms with Gasteiger partial charge in [0, 0.05) is 12.7 Å². The summed E-state index contributed by atoms with van der Waals surface area (Å²) in [6.45, 7) is 4.73. The third kappa shape index (κ3) is 5.20. The van der Waals surface area contributed by atoms with Gasteiger partial charge >= 0.3 is 6.03 Å². The van der Waals surface area contributed by atoms with E-state index in [-0.39, 0.29) is 12.1 Å². The topological polar surface area (TPSA) is 89.8 Å². The first kappa shape index (κ1) is 21.4. The molecule has 1 atom stereocenters. The molecule has 0 aliphatic carbocycles. The van der Waals surface area contributed by atoms with Gasteiger partial charge in [-0.3, -0.25) is 4.40 Å². The molecule has 160 valence electrons. The van der Waals surface area contributed by atoms with Crippen molar-refractivity contribution in [3.63, 3.8) is 0 Å². The molecule has 1 aromatic carbocycles. The summed E-state index contributed by atoms with van der Waals surface area (Å²) in [5.74, 6) is 2.48. The van der Waals surface area contributed by atoms with E-state index in [4.69, 9.17) is 9.47 Å². The van der Waals surface area contributed by atoms with Gasteiger partial charge in [-0.25, -0.2) is 4.79 Å². The summed E-state index contributed by atoms with van der Waals surface area (Å²) < 4.78 is 12.5. The molecule has 8 nitrogen and oxygen atoms in total. The number of methoxy groups -OCH3 is 2. The van der Waals surface area contributed by atoms with E-state index in [0.717, 1.165) is 23.5 Å². The van der Waals surface area contributed by atoms with Crippen LogP contribution in [0.3, 0.4) is 0 Å². The number of carbonyl (C=O) groups is 1. The van der Waals surface area contributed by atoms with Crippen LogP contribution in [0.5, 0.6) is 11.5 Å². The molecule has 2 amide bonds. The normalized spacial score (nSPS) is 12.0. The Balaban J connectivity index is 1.61. The third-order valence-corrected chi connectivity index (χ3v) is 4.81. The van der Waals surface area contributed by atoms with Crippen LogP contribution in [-0.2, 0) is 6.42 Å². The van der Waals surface area contributed by atoms with E-state index in [1.54, 1.807) is 14.2 Å². The van der Waals surface area contributed by atoms with Gasteiger partial charge in [0.25, 0.3) is 0 Å². The summed E-state index contributed by atoms with van der Waals surface area (Å²) >= 11 is 0. The zero-order valence-corrected chi connectivity index (χ0v) is 17.9. The van der Waals surface area contributed by atoms with E-state index in [1.165, 1.54) is 0 Å². The van der Waals surface area contributed by atoms with Gasteiger partial charge in [0.2, 0.25) is 0 Å². The smallest absolute Gasteiger partial charge is 0.315 e. The predicted molar refractivity (Wildman–Crippen MR) is 115 cm³/mol. The van der Waals surface area contributed by atoms with E-state index in [1.807, 2.05) is 47.0 Å². The monoisotopic (exact) mass is 411 g/mol. The van der Waals surface area contributed by atoms with Crippen LogP contribution in [0.25, 0.3) is 5.65 Å². The largest absolute Gasteiger partial charge is 0.493 e. The molecule has 0 spiro atoms. The van der Waals surface area contributed by atoms with Crippen molar-refractivity contribution >= 4 is 11.7 Å². The van der Waals surface area contributed by atoms with Crippen molar-refractivity contribution in [3.8, 4) is 11.5 Å². The molecule has 2 N–H and O–H groups in total. The van der Waals surface area contributed by atoms with Gasteiger partial charge in [-0.05, 0) is 48.6 Å². The lowest BCUT2D eigenvalue weighted by Crippen LogP contribution is -2.40. The highest BCUT2D eigenvalue weighted by Crippen LogP contribution is 2.27. The molecule has 0 radical (unpaired) electrons. The van der Waals surface area contributed by atoms with Crippen molar-refractivity contribution in [1.29, 1.82) is 0 Å². The first-order valence-corrected chi connectivity index (χ1v) is 10.1. The number of hydrogen-bond acceptors (Lipinski definition) is 5. The van der Waals surface area contributed by atoms with Crippen LogP contribution < -0.4 is 20.1 Å². The Kier molecular flexibility index (Phi) is 7.11. The number of hydrogen-bond donors (Lipinski definition) is 2. The molecule has 0 aliphatic heterocycles. The summed E-state index contributed by atoms with van der Waals surface area (Å²) in [6.07, 6.45) is 3.35. The van der Waals surface area contributed by atoms with Crippen molar-refractivity contribution < 1.29 is 14.3 Å². The molecule has 0 saturated heterocycles. The highest BCUT2D eigenvalue weighted by molar-refractivity contribution is 5.74. The van der Waals surface area contributed by atoms with Gasteiger partial charge in [0.1, 0.15) is 0 Å². The lowest BCUT2D eigenvalue weighted by Gasteiger charge is -2.19. The van der Waals surface area contributed by atoms with Gasteiger partial charge in [0.15, 0.2) is 23.0 Å². The van der Waals surface area contributed by atoms with Crippen LogP contribution in [-0.4, -0.2) is 41.4 Å². The molecule has 8 heteroatoms. The summed E-state index contributed by atoms with van der Waals surface area (Å²) in [5.41, 5.74) is 1.81. The number of urea groups is 1. The summed E-state index contributed by atoms with van der Waals surface area (Å²) in [6, 6.07) is 11.0. The van der Waals surface area contributed by atoms with Crippen LogP contribution in [0, 0.1) is 5.92 Å². The van der Waals surface area contributed by atoms with E-state index in [0.29, 0.717) is 30.4 Å². The Bertz CT molecular complexity index is 986. The number of ether oxygens (including phenoxy) is 2. The second-order valence-corrected chi connectivity index (χ2v) is 7.51. The maximum Gasteiger partial charge on any atom is 0.315 e. The summed E-state index contributed by atoms with van der Waals surface area (Å²) in [4.78, 5) is 12.6. The molecule has 30 heavy (non-hydrogen) atoms. The van der Waals surface area contributed by atoms with E-state index in [2.05, 4.69) is 34.7 Å². The fourth-order valence-electron chi connectivity index (χ4n) is 3.36. The van der Waals surface area contributed by atoms with Gasteiger partial charge in [-0.2, -0.15) is 0 Å². The number of benzene rings is 1. The first-order valence-electron chi connectivity index (χ1n) is 10.1. The maximum atomic E-state index is 12.6. The van der Waals surface area contributed by atoms with Gasteiger partial charge in [-0.15, -0.1) is 10.2 Å². The number of carbonyl (C=O) groups excluding carboxylic acids is 1. The first-order chi connectivity index (χ1) is 14.5. The Labute approximate surface area is 176 Å². The van der Waals surface area contributed by atoms with Crippen LogP contribution in [0.4, 0.5) is 4.79 Å². The fraction of sp³-hybridized carbons (Fsp3) is 0.409. The molecule has 0 bridgehead atoms. The van der Waals surface area contributed by atoms with Crippen LogP contribution in [0.1, 0.15) is 37.7 Å². The average Bonchev–Trinajstić information content (AvgIpc) is 3.17. The number of pyridine rings is 1. The SMILES string of the molecule is COc1ccc(CCNC(=O)N[C@H](CC(C)C)c2nnc3ccccn23)cc1OC. The molecule has 0 aliphatic rings. The predicted octanol–water partition coefficient (Wildman–Crippen LogP) is 3.38. The number of fused-ring (bicyclic) bond motifs is 1. The molecular formula is C22H29N5O3. The molecule has 0 fully saturated rings. The second kappa shape index (κ2) is 9.96. The number of amides is 2. The number of nitrogens with one attached hydrogen (secondary N) is 2. The third-order valence-electron chi connectivity index (χ3n) is 4.81. The Morgan fingerprint density at radius 2 is 1.90 bits per heavy atom.